The second-order valence-corrected chi connectivity index (χ2v) is 5.20. The van der Waals surface area contributed by atoms with Gasteiger partial charge >= 0.3 is 5.97 Å². The minimum atomic E-state index is -0.815. The van der Waals surface area contributed by atoms with Crippen LogP contribution < -0.4 is 5.32 Å². The minimum Gasteiger partial charge on any atom is -0.481 e. The number of aryl methyl sites for hydroxylation is 2. The van der Waals surface area contributed by atoms with Gasteiger partial charge in [0.25, 0.3) is 0 Å². The second-order valence-electron chi connectivity index (χ2n) is 4.04. The van der Waals surface area contributed by atoms with Crippen molar-refractivity contribution in [2.75, 3.05) is 6.54 Å². The number of carboxylic acid groups (broad SMARTS) is 1. The van der Waals surface area contributed by atoms with E-state index >= 15 is 0 Å². The van der Waals surface area contributed by atoms with Crippen molar-refractivity contribution in [3.8, 4) is 0 Å². The molecule has 0 saturated heterocycles. The Bertz CT molecular complexity index is 429. The number of rotatable bonds is 7. The van der Waals surface area contributed by atoms with Crippen LogP contribution in [0.5, 0.6) is 0 Å². The fraction of sp³-hybridized carbons (Fsp3) is 0.583. The first-order chi connectivity index (χ1) is 8.52. The zero-order valence-electron chi connectivity index (χ0n) is 10.7. The molecule has 0 aliphatic carbocycles. The summed E-state index contributed by atoms with van der Waals surface area (Å²) in [5, 5.41) is 12.2. The normalized spacial score (nSPS) is 10.3. The molecule has 1 aromatic heterocycles. The summed E-state index contributed by atoms with van der Waals surface area (Å²) in [7, 11) is 0. The zero-order chi connectivity index (χ0) is 13.5. The molecule has 0 saturated carbocycles. The van der Waals surface area contributed by atoms with Crippen LogP contribution in [0.3, 0.4) is 0 Å². The fourth-order valence-corrected chi connectivity index (χ4v) is 2.55. The average Bonchev–Trinajstić information content (AvgIpc) is 2.64. The Morgan fingerprint density at radius 2 is 2.17 bits per heavy atom. The van der Waals surface area contributed by atoms with E-state index in [-0.39, 0.29) is 18.7 Å². The van der Waals surface area contributed by atoms with Gasteiger partial charge in [-0.15, -0.1) is 11.3 Å². The number of carboxylic acids is 1. The molecule has 6 heteroatoms. The Kier molecular flexibility index (Phi) is 5.77. The lowest BCUT2D eigenvalue weighted by Gasteiger charge is -2.00. The first-order valence-corrected chi connectivity index (χ1v) is 6.78. The number of aromatic nitrogens is 1. The first kappa shape index (κ1) is 14.6. The molecule has 0 aliphatic heterocycles. The molecular formula is C12H18N2O3S. The van der Waals surface area contributed by atoms with E-state index in [1.54, 1.807) is 0 Å². The van der Waals surface area contributed by atoms with E-state index in [4.69, 9.17) is 5.11 Å². The predicted octanol–water partition coefficient (Wildman–Crippen LogP) is 1.54. The molecule has 1 heterocycles. The van der Waals surface area contributed by atoms with Crippen molar-refractivity contribution in [2.24, 2.45) is 0 Å². The van der Waals surface area contributed by atoms with Gasteiger partial charge in [0.05, 0.1) is 18.5 Å². The summed E-state index contributed by atoms with van der Waals surface area (Å²) in [6, 6.07) is 0. The Hall–Kier alpha value is -1.43. The molecule has 1 rings (SSSR count). The van der Waals surface area contributed by atoms with Gasteiger partial charge in [0, 0.05) is 11.4 Å². The molecule has 0 atom stereocenters. The van der Waals surface area contributed by atoms with Crippen LogP contribution >= 0.6 is 11.3 Å². The minimum absolute atomic E-state index is 0.0321. The van der Waals surface area contributed by atoms with E-state index in [9.17, 15) is 9.59 Å². The van der Waals surface area contributed by atoms with E-state index < -0.39 is 5.97 Å². The van der Waals surface area contributed by atoms with Gasteiger partial charge in [0.2, 0.25) is 5.91 Å². The standard InChI is InChI=1S/C12H18N2O3S/c1-3-6-13-10(15)7-11-14-8(2)9(18-11)4-5-12(16)17/h3-7H2,1-2H3,(H,13,15)(H,16,17). The summed E-state index contributed by atoms with van der Waals surface area (Å²) in [5.74, 6) is -0.847. The van der Waals surface area contributed by atoms with Crippen molar-refractivity contribution in [3.63, 3.8) is 0 Å². The van der Waals surface area contributed by atoms with Crippen LogP contribution in [0.15, 0.2) is 0 Å². The number of nitrogens with one attached hydrogen (secondary N) is 1. The smallest absolute Gasteiger partial charge is 0.303 e. The predicted molar refractivity (Wildman–Crippen MR) is 69.8 cm³/mol. The lowest BCUT2D eigenvalue weighted by molar-refractivity contribution is -0.137. The number of amides is 1. The zero-order valence-corrected chi connectivity index (χ0v) is 11.5. The van der Waals surface area contributed by atoms with Crippen molar-refractivity contribution in [2.45, 2.75) is 39.5 Å². The summed E-state index contributed by atoms with van der Waals surface area (Å²) < 4.78 is 0. The first-order valence-electron chi connectivity index (χ1n) is 5.96. The third kappa shape index (κ3) is 4.83. The van der Waals surface area contributed by atoms with Crippen LogP contribution in [0.2, 0.25) is 0 Å². The molecule has 5 nitrogen and oxygen atoms in total. The number of nitrogens with zero attached hydrogens (tertiary/aromatic N) is 1. The highest BCUT2D eigenvalue weighted by molar-refractivity contribution is 7.11. The topological polar surface area (TPSA) is 79.3 Å². The van der Waals surface area contributed by atoms with Crippen LogP contribution in [-0.4, -0.2) is 28.5 Å². The number of carbonyl (C=O) groups is 2. The summed E-state index contributed by atoms with van der Waals surface area (Å²) in [6.45, 7) is 4.52. The molecule has 1 amide bonds. The van der Waals surface area contributed by atoms with Crippen molar-refractivity contribution in [1.82, 2.24) is 10.3 Å². The largest absolute Gasteiger partial charge is 0.481 e. The lowest BCUT2D eigenvalue weighted by Crippen LogP contribution is -2.25. The lowest BCUT2D eigenvalue weighted by atomic mass is 10.2. The highest BCUT2D eigenvalue weighted by atomic mass is 32.1. The average molecular weight is 270 g/mol. The summed E-state index contributed by atoms with van der Waals surface area (Å²) >= 11 is 1.43. The number of aliphatic carboxylic acids is 1. The molecule has 0 spiro atoms. The molecule has 0 fully saturated rings. The van der Waals surface area contributed by atoms with E-state index in [1.165, 1.54) is 11.3 Å². The maximum absolute atomic E-state index is 11.5. The van der Waals surface area contributed by atoms with Gasteiger partial charge in [0.15, 0.2) is 0 Å². The van der Waals surface area contributed by atoms with E-state index in [2.05, 4.69) is 10.3 Å². The number of hydrogen-bond donors (Lipinski definition) is 2. The summed E-state index contributed by atoms with van der Waals surface area (Å²) in [6.07, 6.45) is 1.77. The fourth-order valence-electron chi connectivity index (χ4n) is 1.48. The Balaban J connectivity index is 2.55. The molecule has 1 aromatic rings. The highest BCUT2D eigenvalue weighted by Crippen LogP contribution is 2.20. The molecule has 0 aromatic carbocycles. The van der Waals surface area contributed by atoms with Crippen LogP contribution in [0.4, 0.5) is 0 Å². The molecule has 2 N–H and O–H groups in total. The van der Waals surface area contributed by atoms with Gasteiger partial charge in [-0.3, -0.25) is 9.59 Å². The van der Waals surface area contributed by atoms with Crippen LogP contribution in [0.25, 0.3) is 0 Å². The van der Waals surface area contributed by atoms with Crippen molar-refractivity contribution >= 4 is 23.2 Å². The van der Waals surface area contributed by atoms with Gasteiger partial charge in [-0.25, -0.2) is 4.98 Å². The monoisotopic (exact) mass is 270 g/mol. The van der Waals surface area contributed by atoms with Gasteiger partial charge in [-0.05, 0) is 19.8 Å². The van der Waals surface area contributed by atoms with E-state index in [1.807, 2.05) is 13.8 Å². The Morgan fingerprint density at radius 3 is 2.78 bits per heavy atom. The van der Waals surface area contributed by atoms with Crippen molar-refractivity contribution in [3.05, 3.63) is 15.6 Å². The maximum atomic E-state index is 11.5. The van der Waals surface area contributed by atoms with Crippen LogP contribution in [0, 0.1) is 6.92 Å². The number of hydrogen-bond acceptors (Lipinski definition) is 4. The molecule has 0 aliphatic rings. The Labute approximate surface area is 110 Å². The Morgan fingerprint density at radius 1 is 1.44 bits per heavy atom. The summed E-state index contributed by atoms with van der Waals surface area (Å²) in [5.41, 5.74) is 0.833. The second kappa shape index (κ2) is 7.10. The highest BCUT2D eigenvalue weighted by Gasteiger charge is 2.11. The molecular weight excluding hydrogens is 252 g/mol. The number of carbonyl (C=O) groups excluding carboxylic acids is 1. The van der Waals surface area contributed by atoms with Crippen molar-refractivity contribution < 1.29 is 14.7 Å². The van der Waals surface area contributed by atoms with Gasteiger partial charge in [-0.1, -0.05) is 6.92 Å². The molecule has 18 heavy (non-hydrogen) atoms. The van der Waals surface area contributed by atoms with E-state index in [0.717, 1.165) is 22.0 Å². The van der Waals surface area contributed by atoms with Gasteiger partial charge < -0.3 is 10.4 Å². The van der Waals surface area contributed by atoms with Gasteiger partial charge in [0.1, 0.15) is 5.01 Å². The molecule has 0 bridgehead atoms. The van der Waals surface area contributed by atoms with Crippen LogP contribution in [0.1, 0.15) is 35.3 Å². The third-order valence-electron chi connectivity index (χ3n) is 2.39. The van der Waals surface area contributed by atoms with Crippen molar-refractivity contribution in [1.29, 1.82) is 0 Å². The number of thiazole rings is 1. The SMILES string of the molecule is CCCNC(=O)Cc1nc(C)c(CCC(=O)O)s1. The molecule has 0 radical (unpaired) electrons. The van der Waals surface area contributed by atoms with Crippen LogP contribution in [-0.2, 0) is 22.4 Å². The quantitative estimate of drug-likeness (QED) is 0.787. The van der Waals surface area contributed by atoms with E-state index in [0.29, 0.717) is 13.0 Å². The third-order valence-corrected chi connectivity index (χ3v) is 3.60. The summed E-state index contributed by atoms with van der Waals surface area (Å²) in [4.78, 5) is 27.3. The molecule has 100 valence electrons. The maximum Gasteiger partial charge on any atom is 0.303 e. The molecule has 0 unspecified atom stereocenters. The van der Waals surface area contributed by atoms with Gasteiger partial charge in [-0.2, -0.15) is 0 Å².